The van der Waals surface area contributed by atoms with Gasteiger partial charge in [0.15, 0.2) is 0 Å². The van der Waals surface area contributed by atoms with Gasteiger partial charge in [-0.2, -0.15) is 0 Å². The molecule has 3 rings (SSSR count). The number of pyridine rings is 1. The summed E-state index contributed by atoms with van der Waals surface area (Å²) < 4.78 is 5.37. The molecule has 0 saturated carbocycles. The van der Waals surface area contributed by atoms with Crippen LogP contribution in [-0.4, -0.2) is 18.0 Å². The zero-order valence-electron chi connectivity index (χ0n) is 14.1. The number of ether oxygens (including phenoxy) is 1. The Morgan fingerprint density at radius 2 is 1.76 bits per heavy atom. The highest BCUT2D eigenvalue weighted by Gasteiger charge is 2.18. The molecule has 0 N–H and O–H groups in total. The van der Waals surface area contributed by atoms with E-state index in [0.717, 1.165) is 22.6 Å². The number of carbonyl (C=O) groups excluding carboxylic acids is 1. The normalized spacial score (nSPS) is 10.3. The van der Waals surface area contributed by atoms with Crippen LogP contribution in [0.1, 0.15) is 11.1 Å². The summed E-state index contributed by atoms with van der Waals surface area (Å²) >= 11 is 0. The summed E-state index contributed by atoms with van der Waals surface area (Å²) in [6, 6.07) is 21.1. The van der Waals surface area contributed by atoms with Crippen LogP contribution in [0.4, 0.5) is 5.69 Å². The second-order valence-corrected chi connectivity index (χ2v) is 5.67. The van der Waals surface area contributed by atoms with E-state index < -0.39 is 0 Å². The molecule has 0 fully saturated rings. The predicted molar refractivity (Wildman–Crippen MR) is 98.6 cm³/mol. The molecular formula is C21H20N2O2. The molecule has 126 valence electrons. The number of amides is 1. The minimum Gasteiger partial charge on any atom is -0.496 e. The molecule has 4 heteroatoms. The fourth-order valence-electron chi connectivity index (χ4n) is 2.71. The van der Waals surface area contributed by atoms with Crippen molar-refractivity contribution in [3.05, 3.63) is 90.3 Å². The standard InChI is InChI=1S/C21H20N2O2/c1-25-20-12-6-5-9-18(20)14-21(24)23(19-10-3-2-4-11-19)16-17-8-7-13-22-15-17/h2-13,15H,14,16H2,1H3. The van der Waals surface area contributed by atoms with E-state index in [1.807, 2.05) is 66.7 Å². The third-order valence-corrected chi connectivity index (χ3v) is 3.97. The summed E-state index contributed by atoms with van der Waals surface area (Å²) in [5.74, 6) is 0.741. The van der Waals surface area contributed by atoms with E-state index in [-0.39, 0.29) is 12.3 Å². The quantitative estimate of drug-likeness (QED) is 0.688. The van der Waals surface area contributed by atoms with Gasteiger partial charge in [-0.05, 0) is 29.8 Å². The Hall–Kier alpha value is -3.14. The van der Waals surface area contributed by atoms with Gasteiger partial charge in [0.05, 0.1) is 20.1 Å². The SMILES string of the molecule is COc1ccccc1CC(=O)N(Cc1cccnc1)c1ccccc1. The van der Waals surface area contributed by atoms with E-state index in [9.17, 15) is 4.79 Å². The molecule has 0 spiro atoms. The number of anilines is 1. The Kier molecular flexibility index (Phi) is 5.42. The maximum absolute atomic E-state index is 13.0. The van der Waals surface area contributed by atoms with Gasteiger partial charge in [-0.3, -0.25) is 9.78 Å². The maximum atomic E-state index is 13.0. The van der Waals surface area contributed by atoms with Crippen LogP contribution in [0.2, 0.25) is 0 Å². The third-order valence-electron chi connectivity index (χ3n) is 3.97. The van der Waals surface area contributed by atoms with Crippen LogP contribution >= 0.6 is 0 Å². The number of rotatable bonds is 6. The summed E-state index contributed by atoms with van der Waals surface area (Å²) in [5.41, 5.74) is 2.73. The number of benzene rings is 2. The molecule has 0 saturated heterocycles. The first-order chi connectivity index (χ1) is 12.3. The van der Waals surface area contributed by atoms with Gasteiger partial charge in [0.25, 0.3) is 0 Å². The van der Waals surface area contributed by atoms with Gasteiger partial charge in [0, 0.05) is 23.6 Å². The number of nitrogens with zero attached hydrogens (tertiary/aromatic N) is 2. The monoisotopic (exact) mass is 332 g/mol. The number of para-hydroxylation sites is 2. The first kappa shape index (κ1) is 16.7. The van der Waals surface area contributed by atoms with Crippen LogP contribution in [0.5, 0.6) is 5.75 Å². The summed E-state index contributed by atoms with van der Waals surface area (Å²) in [7, 11) is 1.62. The summed E-state index contributed by atoms with van der Waals surface area (Å²) in [6.45, 7) is 0.478. The molecule has 0 bridgehead atoms. The van der Waals surface area contributed by atoms with Crippen LogP contribution in [0, 0.1) is 0 Å². The minimum absolute atomic E-state index is 0.0135. The lowest BCUT2D eigenvalue weighted by molar-refractivity contribution is -0.118. The second kappa shape index (κ2) is 8.11. The van der Waals surface area contributed by atoms with Crippen molar-refractivity contribution < 1.29 is 9.53 Å². The van der Waals surface area contributed by atoms with Crippen molar-refractivity contribution in [2.24, 2.45) is 0 Å². The number of aromatic nitrogens is 1. The summed E-state index contributed by atoms with van der Waals surface area (Å²) in [5, 5.41) is 0. The van der Waals surface area contributed by atoms with Crippen molar-refractivity contribution in [2.45, 2.75) is 13.0 Å². The molecular weight excluding hydrogens is 312 g/mol. The Balaban J connectivity index is 1.87. The average molecular weight is 332 g/mol. The smallest absolute Gasteiger partial charge is 0.231 e. The lowest BCUT2D eigenvalue weighted by Crippen LogP contribution is -2.31. The van der Waals surface area contributed by atoms with Crippen LogP contribution in [0.15, 0.2) is 79.1 Å². The topological polar surface area (TPSA) is 42.4 Å². The second-order valence-electron chi connectivity index (χ2n) is 5.67. The summed E-state index contributed by atoms with van der Waals surface area (Å²) in [6.07, 6.45) is 3.79. The molecule has 0 unspecified atom stereocenters. The fourth-order valence-corrected chi connectivity index (χ4v) is 2.71. The van der Waals surface area contributed by atoms with Crippen molar-refractivity contribution in [3.8, 4) is 5.75 Å². The Morgan fingerprint density at radius 3 is 2.48 bits per heavy atom. The van der Waals surface area contributed by atoms with Crippen LogP contribution in [0.25, 0.3) is 0 Å². The molecule has 0 aliphatic carbocycles. The highest BCUT2D eigenvalue weighted by molar-refractivity contribution is 5.95. The van der Waals surface area contributed by atoms with E-state index in [4.69, 9.17) is 4.74 Å². The van der Waals surface area contributed by atoms with Gasteiger partial charge >= 0.3 is 0 Å². The molecule has 1 aromatic heterocycles. The van der Waals surface area contributed by atoms with Gasteiger partial charge in [-0.15, -0.1) is 0 Å². The average Bonchev–Trinajstić information content (AvgIpc) is 2.68. The van der Waals surface area contributed by atoms with Crippen LogP contribution in [0.3, 0.4) is 0 Å². The first-order valence-corrected chi connectivity index (χ1v) is 8.14. The minimum atomic E-state index is 0.0135. The molecule has 0 atom stereocenters. The Labute approximate surface area is 147 Å². The zero-order valence-corrected chi connectivity index (χ0v) is 14.1. The molecule has 0 radical (unpaired) electrons. The third kappa shape index (κ3) is 4.23. The lowest BCUT2D eigenvalue weighted by Gasteiger charge is -2.23. The fraction of sp³-hybridized carbons (Fsp3) is 0.143. The molecule has 2 aromatic carbocycles. The van der Waals surface area contributed by atoms with Gasteiger partial charge in [-0.25, -0.2) is 0 Å². The molecule has 0 aliphatic heterocycles. The Morgan fingerprint density at radius 1 is 1.00 bits per heavy atom. The van der Waals surface area contributed by atoms with Crippen molar-refractivity contribution in [1.29, 1.82) is 0 Å². The van der Waals surface area contributed by atoms with E-state index in [2.05, 4.69) is 4.98 Å². The first-order valence-electron chi connectivity index (χ1n) is 8.14. The van der Waals surface area contributed by atoms with E-state index in [1.165, 1.54) is 0 Å². The van der Waals surface area contributed by atoms with E-state index >= 15 is 0 Å². The van der Waals surface area contributed by atoms with Crippen LogP contribution < -0.4 is 9.64 Å². The summed E-state index contributed by atoms with van der Waals surface area (Å²) in [4.78, 5) is 19.0. The number of hydrogen-bond acceptors (Lipinski definition) is 3. The van der Waals surface area contributed by atoms with Crippen molar-refractivity contribution in [1.82, 2.24) is 4.98 Å². The van der Waals surface area contributed by atoms with Crippen molar-refractivity contribution in [3.63, 3.8) is 0 Å². The molecule has 4 nitrogen and oxygen atoms in total. The molecule has 1 heterocycles. The zero-order chi connectivity index (χ0) is 17.5. The highest BCUT2D eigenvalue weighted by atomic mass is 16.5. The van der Waals surface area contributed by atoms with E-state index in [0.29, 0.717) is 6.54 Å². The number of methoxy groups -OCH3 is 1. The van der Waals surface area contributed by atoms with Crippen molar-refractivity contribution in [2.75, 3.05) is 12.0 Å². The number of hydrogen-bond donors (Lipinski definition) is 0. The van der Waals surface area contributed by atoms with Gasteiger partial charge in [0.2, 0.25) is 5.91 Å². The van der Waals surface area contributed by atoms with Gasteiger partial charge in [0.1, 0.15) is 5.75 Å². The largest absolute Gasteiger partial charge is 0.496 e. The predicted octanol–water partition coefficient (Wildman–Crippen LogP) is 3.87. The van der Waals surface area contributed by atoms with Gasteiger partial charge < -0.3 is 9.64 Å². The van der Waals surface area contributed by atoms with Crippen LogP contribution in [-0.2, 0) is 17.8 Å². The molecule has 3 aromatic rings. The maximum Gasteiger partial charge on any atom is 0.231 e. The highest BCUT2D eigenvalue weighted by Crippen LogP contribution is 2.22. The number of carbonyl (C=O) groups is 1. The van der Waals surface area contributed by atoms with E-state index in [1.54, 1.807) is 24.4 Å². The van der Waals surface area contributed by atoms with Crippen molar-refractivity contribution >= 4 is 11.6 Å². The molecule has 1 amide bonds. The van der Waals surface area contributed by atoms with Gasteiger partial charge in [-0.1, -0.05) is 42.5 Å². The Bertz CT molecular complexity index is 820. The lowest BCUT2D eigenvalue weighted by atomic mass is 10.1. The molecule has 0 aliphatic rings. The molecule has 25 heavy (non-hydrogen) atoms.